The van der Waals surface area contributed by atoms with Gasteiger partial charge in [-0.2, -0.15) is 0 Å². The van der Waals surface area contributed by atoms with Crippen LogP contribution < -0.4 is 16.6 Å². The molecule has 20 heavy (non-hydrogen) atoms. The Bertz CT molecular complexity index is 650. The molecule has 0 aliphatic rings. The predicted molar refractivity (Wildman–Crippen MR) is 77.4 cm³/mol. The topological polar surface area (TPSA) is 77.1 Å². The number of hydrogen-bond acceptors (Lipinski definition) is 3. The van der Waals surface area contributed by atoms with E-state index in [0.717, 1.165) is 5.56 Å². The number of carbonyl (C=O) groups is 1. The Kier molecular flexibility index (Phi) is 4.32. The second kappa shape index (κ2) is 6.16. The predicted octanol–water partition coefficient (Wildman–Crippen LogP) is 0.815. The van der Waals surface area contributed by atoms with Gasteiger partial charge < -0.3 is 15.6 Å². The maximum absolute atomic E-state index is 11.9. The third kappa shape index (κ3) is 3.33. The summed E-state index contributed by atoms with van der Waals surface area (Å²) in [4.78, 5) is 23.4. The number of nitrogens with one attached hydrogen (secondary N) is 1. The first-order valence-corrected chi connectivity index (χ1v) is 6.33. The van der Waals surface area contributed by atoms with E-state index in [1.165, 1.54) is 10.6 Å². The number of nitrogens with two attached hydrogens (primary N) is 1. The van der Waals surface area contributed by atoms with Gasteiger partial charge in [0.15, 0.2) is 0 Å². The van der Waals surface area contributed by atoms with E-state index in [9.17, 15) is 9.59 Å². The van der Waals surface area contributed by atoms with Gasteiger partial charge in [0.1, 0.15) is 0 Å². The Morgan fingerprint density at radius 2 is 2.00 bits per heavy atom. The number of amides is 1. The van der Waals surface area contributed by atoms with Gasteiger partial charge >= 0.3 is 0 Å². The number of aryl methyl sites for hydroxylation is 1. The second-order valence-corrected chi connectivity index (χ2v) is 4.59. The Morgan fingerprint density at radius 3 is 2.65 bits per heavy atom. The van der Waals surface area contributed by atoms with Crippen LogP contribution in [-0.4, -0.2) is 17.0 Å². The van der Waals surface area contributed by atoms with Crippen molar-refractivity contribution < 1.29 is 4.79 Å². The molecule has 0 saturated heterocycles. The van der Waals surface area contributed by atoms with E-state index in [2.05, 4.69) is 5.32 Å². The SMILES string of the molecule is Cn1ccc(C(=O)NCC(N)c2ccccc2)cc1=O. The molecular formula is C15H17N3O2. The lowest BCUT2D eigenvalue weighted by Crippen LogP contribution is -2.32. The average Bonchev–Trinajstić information content (AvgIpc) is 2.48. The maximum atomic E-state index is 11.9. The van der Waals surface area contributed by atoms with E-state index in [0.29, 0.717) is 12.1 Å². The zero-order valence-corrected chi connectivity index (χ0v) is 11.2. The summed E-state index contributed by atoms with van der Waals surface area (Å²) in [6, 6.07) is 12.2. The van der Waals surface area contributed by atoms with Crippen molar-refractivity contribution in [3.8, 4) is 0 Å². The number of pyridine rings is 1. The Balaban J connectivity index is 1.98. The van der Waals surface area contributed by atoms with E-state index in [-0.39, 0.29) is 17.5 Å². The van der Waals surface area contributed by atoms with Gasteiger partial charge in [0.05, 0.1) is 0 Å². The zero-order valence-electron chi connectivity index (χ0n) is 11.2. The molecule has 0 aliphatic heterocycles. The molecular weight excluding hydrogens is 254 g/mol. The Labute approximate surface area is 117 Å². The van der Waals surface area contributed by atoms with Gasteiger partial charge in [0.25, 0.3) is 11.5 Å². The van der Waals surface area contributed by atoms with Crippen LogP contribution in [0.2, 0.25) is 0 Å². The smallest absolute Gasteiger partial charge is 0.251 e. The highest BCUT2D eigenvalue weighted by Crippen LogP contribution is 2.08. The lowest BCUT2D eigenvalue weighted by molar-refractivity contribution is 0.0951. The van der Waals surface area contributed by atoms with Gasteiger partial charge in [-0.25, -0.2) is 0 Å². The fourth-order valence-electron chi connectivity index (χ4n) is 1.81. The summed E-state index contributed by atoms with van der Waals surface area (Å²) in [5, 5.41) is 2.73. The molecule has 1 aromatic carbocycles. The minimum absolute atomic E-state index is 0.218. The summed E-state index contributed by atoms with van der Waals surface area (Å²) >= 11 is 0. The number of hydrogen-bond donors (Lipinski definition) is 2. The number of aromatic nitrogens is 1. The van der Waals surface area contributed by atoms with Crippen LogP contribution in [0.25, 0.3) is 0 Å². The maximum Gasteiger partial charge on any atom is 0.251 e. The molecule has 1 heterocycles. The van der Waals surface area contributed by atoms with Crippen molar-refractivity contribution in [2.24, 2.45) is 12.8 Å². The van der Waals surface area contributed by atoms with E-state index >= 15 is 0 Å². The van der Waals surface area contributed by atoms with Gasteiger partial charge in [-0.05, 0) is 11.6 Å². The second-order valence-electron chi connectivity index (χ2n) is 4.59. The molecule has 2 aromatic rings. The zero-order chi connectivity index (χ0) is 14.5. The standard InChI is InChI=1S/C15H17N3O2/c1-18-8-7-12(9-14(18)19)15(20)17-10-13(16)11-5-3-2-4-6-11/h2-9,13H,10,16H2,1H3,(H,17,20). The highest BCUT2D eigenvalue weighted by atomic mass is 16.2. The molecule has 0 bridgehead atoms. The first kappa shape index (κ1) is 14.0. The molecule has 1 atom stereocenters. The van der Waals surface area contributed by atoms with Crippen molar-refractivity contribution in [2.45, 2.75) is 6.04 Å². The van der Waals surface area contributed by atoms with Crippen LogP contribution in [0.1, 0.15) is 22.0 Å². The van der Waals surface area contributed by atoms with Gasteiger partial charge in [0.2, 0.25) is 0 Å². The molecule has 1 aromatic heterocycles. The van der Waals surface area contributed by atoms with E-state index in [1.807, 2.05) is 30.3 Å². The van der Waals surface area contributed by atoms with Crippen LogP contribution in [0.5, 0.6) is 0 Å². The van der Waals surface area contributed by atoms with Crippen molar-refractivity contribution in [3.05, 3.63) is 70.1 Å². The molecule has 0 spiro atoms. The third-order valence-electron chi connectivity index (χ3n) is 3.08. The fourth-order valence-corrected chi connectivity index (χ4v) is 1.81. The van der Waals surface area contributed by atoms with Crippen LogP contribution in [-0.2, 0) is 7.05 Å². The van der Waals surface area contributed by atoms with Crippen LogP contribution in [0.4, 0.5) is 0 Å². The summed E-state index contributed by atoms with van der Waals surface area (Å²) in [5.74, 6) is -0.297. The molecule has 0 fully saturated rings. The molecule has 5 heteroatoms. The fraction of sp³-hybridized carbons (Fsp3) is 0.200. The molecule has 1 unspecified atom stereocenters. The molecule has 2 rings (SSSR count). The molecule has 3 N–H and O–H groups in total. The lowest BCUT2D eigenvalue weighted by atomic mass is 10.1. The summed E-state index contributed by atoms with van der Waals surface area (Å²) in [7, 11) is 1.63. The van der Waals surface area contributed by atoms with Crippen LogP contribution in [0.3, 0.4) is 0 Å². The Hall–Kier alpha value is -2.40. The summed E-state index contributed by atoms with van der Waals surface area (Å²) in [5.41, 5.74) is 7.07. The highest BCUT2D eigenvalue weighted by molar-refractivity contribution is 5.93. The van der Waals surface area contributed by atoms with Crippen molar-refractivity contribution in [2.75, 3.05) is 6.54 Å². The highest BCUT2D eigenvalue weighted by Gasteiger charge is 2.10. The normalized spacial score (nSPS) is 11.9. The van der Waals surface area contributed by atoms with Crippen LogP contribution in [0, 0.1) is 0 Å². The summed E-state index contributed by atoms with van der Waals surface area (Å²) < 4.78 is 1.41. The summed E-state index contributed by atoms with van der Waals surface area (Å²) in [6.45, 7) is 0.318. The van der Waals surface area contributed by atoms with E-state index < -0.39 is 0 Å². The molecule has 0 aliphatic carbocycles. The molecule has 1 amide bonds. The van der Waals surface area contributed by atoms with Crippen molar-refractivity contribution in [1.82, 2.24) is 9.88 Å². The first-order chi connectivity index (χ1) is 9.58. The largest absolute Gasteiger partial charge is 0.350 e. The first-order valence-electron chi connectivity index (χ1n) is 6.33. The number of rotatable bonds is 4. The molecule has 0 saturated carbocycles. The number of nitrogens with zero attached hydrogens (tertiary/aromatic N) is 1. The van der Waals surface area contributed by atoms with Gasteiger partial charge in [0, 0.05) is 37.5 Å². The number of carbonyl (C=O) groups excluding carboxylic acids is 1. The van der Waals surface area contributed by atoms with Crippen LogP contribution in [0.15, 0.2) is 53.5 Å². The monoisotopic (exact) mass is 271 g/mol. The summed E-state index contributed by atoms with van der Waals surface area (Å²) in [6.07, 6.45) is 1.56. The van der Waals surface area contributed by atoms with Crippen molar-refractivity contribution >= 4 is 5.91 Å². The van der Waals surface area contributed by atoms with Gasteiger partial charge in [-0.3, -0.25) is 9.59 Å². The van der Waals surface area contributed by atoms with Gasteiger partial charge in [-0.15, -0.1) is 0 Å². The van der Waals surface area contributed by atoms with Crippen molar-refractivity contribution in [3.63, 3.8) is 0 Å². The molecule has 0 radical (unpaired) electrons. The van der Waals surface area contributed by atoms with E-state index in [1.54, 1.807) is 19.3 Å². The molecule has 5 nitrogen and oxygen atoms in total. The quantitative estimate of drug-likeness (QED) is 0.864. The van der Waals surface area contributed by atoms with E-state index in [4.69, 9.17) is 5.73 Å². The van der Waals surface area contributed by atoms with Crippen LogP contribution >= 0.6 is 0 Å². The average molecular weight is 271 g/mol. The minimum atomic E-state index is -0.297. The minimum Gasteiger partial charge on any atom is -0.350 e. The lowest BCUT2D eigenvalue weighted by Gasteiger charge is -2.13. The third-order valence-corrected chi connectivity index (χ3v) is 3.08. The van der Waals surface area contributed by atoms with Crippen molar-refractivity contribution in [1.29, 1.82) is 0 Å². The Morgan fingerprint density at radius 1 is 1.30 bits per heavy atom. The van der Waals surface area contributed by atoms with Gasteiger partial charge in [-0.1, -0.05) is 30.3 Å². The molecule has 104 valence electrons. The number of benzene rings is 1.